The first kappa shape index (κ1) is 19.4. The topological polar surface area (TPSA) is 40.6 Å². The van der Waals surface area contributed by atoms with Crippen LogP contribution in [0.25, 0.3) is 0 Å². The first-order chi connectivity index (χ1) is 11.8. The third-order valence-electron chi connectivity index (χ3n) is 5.49. The summed E-state index contributed by atoms with van der Waals surface area (Å²) in [7, 11) is 0. The molecule has 0 N–H and O–H groups in total. The van der Waals surface area contributed by atoms with Crippen LogP contribution in [0, 0.1) is 20.8 Å². The molecule has 1 fully saturated rings. The fourth-order valence-corrected chi connectivity index (χ4v) is 3.96. The molecule has 0 saturated carbocycles. The van der Waals surface area contributed by atoms with E-state index in [1.807, 2.05) is 5.01 Å². The Hall–Kier alpha value is -1.94. The number of aryl methyl sites for hydroxylation is 3. The van der Waals surface area contributed by atoms with Gasteiger partial charge in [-0.1, -0.05) is 37.6 Å². The Morgan fingerprint density at radius 3 is 2.20 bits per heavy atom. The van der Waals surface area contributed by atoms with E-state index < -0.39 is 0 Å². The van der Waals surface area contributed by atoms with Gasteiger partial charge in [0.25, 0.3) is 5.91 Å². The van der Waals surface area contributed by atoms with Crippen LogP contribution in [0.3, 0.4) is 0 Å². The Morgan fingerprint density at radius 2 is 1.72 bits per heavy atom. The molecule has 1 aliphatic rings. The molecule has 0 atom stereocenters. The van der Waals surface area contributed by atoms with Gasteiger partial charge >= 0.3 is 0 Å². The lowest BCUT2D eigenvalue weighted by molar-refractivity contribution is -0.158. The van der Waals surface area contributed by atoms with Crippen LogP contribution in [0.1, 0.15) is 62.3 Å². The molecule has 25 heavy (non-hydrogen) atoms. The quantitative estimate of drug-likeness (QED) is 0.752. The molecule has 1 aliphatic heterocycles. The van der Waals surface area contributed by atoms with Gasteiger partial charge in [0.1, 0.15) is 0 Å². The average molecular weight is 342 g/mol. The van der Waals surface area contributed by atoms with E-state index in [2.05, 4.69) is 46.8 Å². The van der Waals surface area contributed by atoms with Crippen molar-refractivity contribution in [2.24, 2.45) is 0 Å². The highest BCUT2D eigenvalue weighted by Crippen LogP contribution is 2.38. The smallest absolute Gasteiger partial charge is 0.267 e. The molecule has 4 heteroatoms. The van der Waals surface area contributed by atoms with Gasteiger partial charge in [-0.15, -0.1) is 0 Å². The second kappa shape index (κ2) is 7.52. The van der Waals surface area contributed by atoms with Gasteiger partial charge in [0, 0.05) is 24.6 Å². The second-order valence-corrected chi connectivity index (χ2v) is 7.09. The number of allylic oxidation sites excluding steroid dienone is 1. The third-order valence-corrected chi connectivity index (χ3v) is 5.49. The summed E-state index contributed by atoms with van der Waals surface area (Å²) < 4.78 is 0. The number of hydrazine groups is 1. The third kappa shape index (κ3) is 3.54. The first-order valence-corrected chi connectivity index (χ1v) is 9.13. The van der Waals surface area contributed by atoms with E-state index in [-0.39, 0.29) is 17.4 Å². The molecule has 1 heterocycles. The average Bonchev–Trinajstić information content (AvgIpc) is 2.83. The van der Waals surface area contributed by atoms with Crippen molar-refractivity contribution in [1.29, 1.82) is 0 Å². The number of carbonyl (C=O) groups excluding carboxylic acids is 2. The van der Waals surface area contributed by atoms with Crippen LogP contribution in [0.2, 0.25) is 0 Å². The molecule has 136 valence electrons. The first-order valence-electron chi connectivity index (χ1n) is 9.13. The van der Waals surface area contributed by atoms with Crippen LogP contribution in [0.15, 0.2) is 24.3 Å². The molecule has 1 aromatic carbocycles. The van der Waals surface area contributed by atoms with Crippen LogP contribution in [-0.4, -0.2) is 27.4 Å². The molecule has 1 aromatic rings. The zero-order valence-electron chi connectivity index (χ0n) is 16.3. The van der Waals surface area contributed by atoms with Crippen LogP contribution in [0.4, 0.5) is 0 Å². The lowest BCUT2D eigenvalue weighted by Crippen LogP contribution is -2.51. The van der Waals surface area contributed by atoms with E-state index in [1.54, 1.807) is 13.0 Å². The predicted molar refractivity (Wildman–Crippen MR) is 101 cm³/mol. The summed E-state index contributed by atoms with van der Waals surface area (Å²) in [5.41, 5.74) is 4.55. The SMILES string of the molecule is C/C=C/C(=O)N1C(=O)CC(CC)(CC)N1Cc1c(C)cc(C)cc1C. The number of hydrogen-bond acceptors (Lipinski definition) is 3. The van der Waals surface area contributed by atoms with Crippen molar-refractivity contribution in [1.82, 2.24) is 10.0 Å². The molecule has 0 radical (unpaired) electrons. The number of nitrogens with zero attached hydrogens (tertiary/aromatic N) is 2. The van der Waals surface area contributed by atoms with Gasteiger partial charge in [0.15, 0.2) is 0 Å². The molecule has 0 unspecified atom stereocenters. The zero-order valence-corrected chi connectivity index (χ0v) is 16.3. The molecule has 4 nitrogen and oxygen atoms in total. The van der Waals surface area contributed by atoms with E-state index in [0.717, 1.165) is 12.8 Å². The normalized spacial score (nSPS) is 17.7. The highest BCUT2D eigenvalue weighted by molar-refractivity contribution is 6.02. The van der Waals surface area contributed by atoms with Crippen molar-refractivity contribution in [3.05, 3.63) is 46.5 Å². The fourth-order valence-electron chi connectivity index (χ4n) is 3.96. The van der Waals surface area contributed by atoms with Gasteiger partial charge in [0.05, 0.1) is 0 Å². The molecule has 2 amide bonds. The Bertz CT molecular complexity index is 679. The Kier molecular flexibility index (Phi) is 5.83. The Labute approximate surface area is 151 Å². The lowest BCUT2D eigenvalue weighted by Gasteiger charge is -2.39. The maximum Gasteiger partial charge on any atom is 0.267 e. The van der Waals surface area contributed by atoms with Gasteiger partial charge in [-0.05, 0) is 57.2 Å². The summed E-state index contributed by atoms with van der Waals surface area (Å²) in [5, 5.41) is 3.38. The summed E-state index contributed by atoms with van der Waals surface area (Å²) in [6.45, 7) is 12.9. The number of rotatable bonds is 5. The monoisotopic (exact) mass is 342 g/mol. The van der Waals surface area contributed by atoms with Gasteiger partial charge in [0.2, 0.25) is 5.91 Å². The fraction of sp³-hybridized carbons (Fsp3) is 0.524. The van der Waals surface area contributed by atoms with Crippen LogP contribution in [0.5, 0.6) is 0 Å². The summed E-state index contributed by atoms with van der Waals surface area (Å²) >= 11 is 0. The molecule has 0 aliphatic carbocycles. The molecule has 0 bridgehead atoms. The van der Waals surface area contributed by atoms with Crippen molar-refractivity contribution in [2.75, 3.05) is 0 Å². The largest absolute Gasteiger partial charge is 0.273 e. The maximum absolute atomic E-state index is 12.7. The van der Waals surface area contributed by atoms with E-state index in [4.69, 9.17) is 0 Å². The van der Waals surface area contributed by atoms with Gasteiger partial charge in [-0.25, -0.2) is 10.0 Å². The van der Waals surface area contributed by atoms with Crippen molar-refractivity contribution in [2.45, 2.75) is 72.9 Å². The minimum atomic E-state index is -0.294. The van der Waals surface area contributed by atoms with E-state index in [9.17, 15) is 9.59 Å². The summed E-state index contributed by atoms with van der Waals surface area (Å²) in [4.78, 5) is 25.3. The van der Waals surface area contributed by atoms with E-state index >= 15 is 0 Å². The van der Waals surface area contributed by atoms with Crippen molar-refractivity contribution < 1.29 is 9.59 Å². The minimum Gasteiger partial charge on any atom is -0.273 e. The molecule has 0 spiro atoms. The Morgan fingerprint density at radius 1 is 1.16 bits per heavy atom. The van der Waals surface area contributed by atoms with E-state index in [0.29, 0.717) is 13.0 Å². The van der Waals surface area contributed by atoms with Gasteiger partial charge in [-0.3, -0.25) is 9.59 Å². The number of hydrogen-bond donors (Lipinski definition) is 0. The minimum absolute atomic E-state index is 0.103. The molecular weight excluding hydrogens is 312 g/mol. The van der Waals surface area contributed by atoms with Crippen molar-refractivity contribution in [3.8, 4) is 0 Å². The molecule has 2 rings (SSSR count). The second-order valence-electron chi connectivity index (χ2n) is 7.09. The number of carbonyl (C=O) groups is 2. The summed E-state index contributed by atoms with van der Waals surface area (Å²) in [5.74, 6) is -0.354. The highest BCUT2D eigenvalue weighted by Gasteiger charge is 2.49. The van der Waals surface area contributed by atoms with Gasteiger partial charge < -0.3 is 0 Å². The summed E-state index contributed by atoms with van der Waals surface area (Å²) in [6, 6.07) is 4.33. The Balaban J connectivity index is 2.51. The predicted octanol–water partition coefficient (Wildman–Crippen LogP) is 4.22. The van der Waals surface area contributed by atoms with Crippen molar-refractivity contribution in [3.63, 3.8) is 0 Å². The summed E-state index contributed by atoms with van der Waals surface area (Å²) in [6.07, 6.45) is 5.22. The van der Waals surface area contributed by atoms with Gasteiger partial charge in [-0.2, -0.15) is 0 Å². The number of imide groups is 1. The van der Waals surface area contributed by atoms with Crippen molar-refractivity contribution >= 4 is 11.8 Å². The molecule has 0 aromatic heterocycles. The lowest BCUT2D eigenvalue weighted by atomic mass is 9.88. The molecular formula is C21H30N2O2. The molecule has 1 saturated heterocycles. The number of amides is 2. The van der Waals surface area contributed by atoms with Crippen LogP contribution in [-0.2, 0) is 16.1 Å². The van der Waals surface area contributed by atoms with Crippen LogP contribution >= 0.6 is 0 Å². The zero-order chi connectivity index (χ0) is 18.8. The highest BCUT2D eigenvalue weighted by atomic mass is 16.2. The number of benzene rings is 1. The van der Waals surface area contributed by atoms with Crippen LogP contribution < -0.4 is 0 Å². The maximum atomic E-state index is 12.7. The van der Waals surface area contributed by atoms with E-state index in [1.165, 1.54) is 33.3 Å². The standard InChI is InChI=1S/C21H30N2O2/c1-7-10-19(24)23-20(25)13-21(8-2,9-3)22(23)14-18-16(5)11-15(4)12-17(18)6/h7,10-12H,8-9,13-14H2,1-6H3/b10-7+.